The molecule has 0 aliphatic carbocycles. The number of nitrogens with zero attached hydrogens (tertiary/aromatic N) is 1. The predicted octanol–water partition coefficient (Wildman–Crippen LogP) is 11.7. The molecule has 0 heterocycles. The molecule has 0 N–H and O–H groups in total. The van der Waals surface area contributed by atoms with E-state index >= 15 is 0 Å². The normalized spacial score (nSPS) is 13.0. The second-order valence-corrected chi connectivity index (χ2v) is 13.7. The lowest BCUT2D eigenvalue weighted by Gasteiger charge is -2.27. The Morgan fingerprint density at radius 3 is 1.05 bits per heavy atom. The summed E-state index contributed by atoms with van der Waals surface area (Å²) in [4.78, 5) is 0. The monoisotopic (exact) mass is 595 g/mol. The van der Waals surface area contributed by atoms with Crippen LogP contribution in [0.5, 0.6) is 0 Å². The summed E-state index contributed by atoms with van der Waals surface area (Å²) in [6.45, 7) is 7.38. The summed E-state index contributed by atoms with van der Waals surface area (Å²) in [6.07, 6.45) is 44.4. The van der Waals surface area contributed by atoms with Gasteiger partial charge in [-0.2, -0.15) is 0 Å². The summed E-state index contributed by atoms with van der Waals surface area (Å²) in [5, 5.41) is 0. The van der Waals surface area contributed by atoms with Crippen molar-refractivity contribution in [1.82, 2.24) is 0 Å². The Morgan fingerprint density at radius 1 is 0.463 bits per heavy atom. The predicted molar refractivity (Wildman–Crippen MR) is 180 cm³/mol. The summed E-state index contributed by atoms with van der Waals surface area (Å²) >= 11 is 0. The molecule has 5 heteroatoms. The fourth-order valence-electron chi connectivity index (χ4n) is 5.36. The summed E-state index contributed by atoms with van der Waals surface area (Å²) in [5.74, 6) is -0.296. The van der Waals surface area contributed by atoms with Crippen molar-refractivity contribution in [3.05, 3.63) is 36.8 Å². The number of unbranched alkanes of at least 4 members (excludes halogenated alkanes) is 21. The quantitative estimate of drug-likeness (QED) is 0.0455. The molecule has 0 aromatic heterocycles. The van der Waals surface area contributed by atoms with Crippen molar-refractivity contribution in [3.63, 3.8) is 0 Å². The second kappa shape index (κ2) is 29.2. The molecule has 0 spiro atoms. The van der Waals surface area contributed by atoms with Gasteiger partial charge in [0.25, 0.3) is 0 Å². The van der Waals surface area contributed by atoms with Crippen LogP contribution in [-0.2, 0) is 10.1 Å². The Morgan fingerprint density at radius 2 is 0.756 bits per heavy atom. The lowest BCUT2D eigenvalue weighted by atomic mass is 10.1. The van der Waals surface area contributed by atoms with Gasteiger partial charge < -0.3 is 4.55 Å². The fraction of sp³-hybridized carbons (Fsp3) is 0.833. The Kier molecular flexibility index (Phi) is 28.5. The first-order chi connectivity index (χ1) is 19.9. The average Bonchev–Trinajstić information content (AvgIpc) is 2.94. The number of allylic oxidation sites excluding steroid dienone is 3. The van der Waals surface area contributed by atoms with E-state index in [9.17, 15) is 13.0 Å². The van der Waals surface area contributed by atoms with Gasteiger partial charge in [-0.3, -0.25) is 0 Å². The van der Waals surface area contributed by atoms with Crippen molar-refractivity contribution >= 4 is 10.1 Å². The van der Waals surface area contributed by atoms with E-state index in [1.807, 2.05) is 0 Å². The molecule has 0 radical (unpaired) electrons. The number of hydrogen-bond acceptors (Lipinski definition) is 3. The van der Waals surface area contributed by atoms with Crippen molar-refractivity contribution in [2.24, 2.45) is 0 Å². The van der Waals surface area contributed by atoms with Gasteiger partial charge in [0, 0.05) is 12.2 Å². The van der Waals surface area contributed by atoms with E-state index in [1.54, 1.807) is 0 Å². The van der Waals surface area contributed by atoms with E-state index in [0.717, 1.165) is 19.3 Å². The molecule has 0 aliphatic heterocycles. The molecule has 0 saturated carbocycles. The van der Waals surface area contributed by atoms with Crippen molar-refractivity contribution in [2.45, 2.75) is 181 Å². The Bertz CT molecular complexity index is 673. The highest BCUT2D eigenvalue weighted by atomic mass is 32.2. The van der Waals surface area contributed by atoms with E-state index < -0.39 is 10.1 Å². The highest BCUT2D eigenvalue weighted by molar-refractivity contribution is 7.85. The van der Waals surface area contributed by atoms with Gasteiger partial charge in [0.15, 0.2) is 0 Å². The number of rotatable bonds is 31. The minimum Gasteiger partial charge on any atom is -0.748 e. The van der Waals surface area contributed by atoms with Crippen LogP contribution in [0.4, 0.5) is 0 Å². The third kappa shape index (κ3) is 29.0. The molecule has 4 nitrogen and oxygen atoms in total. The first kappa shape index (κ1) is 40.1. The van der Waals surface area contributed by atoms with E-state index in [0.29, 0.717) is 17.4 Å². The molecule has 0 aliphatic rings. The van der Waals surface area contributed by atoms with Gasteiger partial charge in [0.1, 0.15) is 18.6 Å². The molecule has 0 bridgehead atoms. The van der Waals surface area contributed by atoms with Crippen molar-refractivity contribution < 1.29 is 17.5 Å². The van der Waals surface area contributed by atoms with Crippen LogP contribution in [0.3, 0.4) is 0 Å². The molecule has 0 fully saturated rings. The van der Waals surface area contributed by atoms with E-state index in [-0.39, 0.29) is 5.75 Å². The zero-order chi connectivity index (χ0) is 30.3. The van der Waals surface area contributed by atoms with Gasteiger partial charge in [-0.25, -0.2) is 12.9 Å². The molecule has 0 aromatic rings. The van der Waals surface area contributed by atoms with Crippen molar-refractivity contribution in [3.8, 4) is 0 Å². The van der Waals surface area contributed by atoms with Gasteiger partial charge in [0.05, 0.1) is 16.7 Å². The van der Waals surface area contributed by atoms with Crippen LogP contribution in [0, 0.1) is 0 Å². The largest absolute Gasteiger partial charge is 0.748 e. The van der Waals surface area contributed by atoms with E-state index in [4.69, 9.17) is 0 Å². The topological polar surface area (TPSA) is 57.2 Å². The zero-order valence-electron chi connectivity index (χ0n) is 27.6. The molecule has 0 saturated heterocycles. The van der Waals surface area contributed by atoms with Crippen LogP contribution in [0.15, 0.2) is 36.8 Å². The third-order valence-corrected chi connectivity index (χ3v) is 8.80. The lowest BCUT2D eigenvalue weighted by molar-refractivity contribution is -0.773. The highest BCUT2D eigenvalue weighted by Crippen LogP contribution is 2.19. The van der Waals surface area contributed by atoms with Crippen LogP contribution in [-0.4, -0.2) is 29.8 Å². The summed E-state index contributed by atoms with van der Waals surface area (Å²) < 4.78 is 34.7. The van der Waals surface area contributed by atoms with Gasteiger partial charge in [-0.05, 0) is 56.8 Å². The maximum absolute atomic E-state index is 11.4. The van der Waals surface area contributed by atoms with Crippen LogP contribution < -0.4 is 0 Å². The molecule has 0 amide bonds. The van der Waals surface area contributed by atoms with Gasteiger partial charge in [-0.1, -0.05) is 136 Å². The minimum absolute atomic E-state index is 0.296. The second-order valence-electron chi connectivity index (χ2n) is 12.2. The van der Waals surface area contributed by atoms with E-state index in [2.05, 4.69) is 57.6 Å². The van der Waals surface area contributed by atoms with Crippen LogP contribution in [0.25, 0.3) is 0 Å². The molecular weight excluding hydrogens is 526 g/mol. The summed E-state index contributed by atoms with van der Waals surface area (Å²) in [7, 11) is -4.21. The number of quaternary nitrogens is 1. The maximum Gasteiger partial charge on any atom is 0.101 e. The smallest absolute Gasteiger partial charge is 0.101 e. The van der Waals surface area contributed by atoms with Crippen LogP contribution in [0.2, 0.25) is 0 Å². The maximum atomic E-state index is 11.4. The van der Waals surface area contributed by atoms with Gasteiger partial charge >= 0.3 is 0 Å². The third-order valence-electron chi connectivity index (χ3n) is 8.01. The molecule has 41 heavy (non-hydrogen) atoms. The van der Waals surface area contributed by atoms with Crippen LogP contribution >= 0.6 is 0 Å². The van der Waals surface area contributed by atoms with Crippen molar-refractivity contribution in [2.75, 3.05) is 12.3 Å². The lowest BCUT2D eigenvalue weighted by Crippen LogP contribution is -2.33. The number of hydrogen-bond donors (Lipinski definition) is 0. The Balaban J connectivity index is 5.18. The first-order valence-electron chi connectivity index (χ1n) is 17.7. The van der Waals surface area contributed by atoms with Gasteiger partial charge in [0.2, 0.25) is 0 Å². The molecule has 0 aromatic carbocycles. The Hall–Kier alpha value is -0.910. The Labute approximate surface area is 257 Å². The van der Waals surface area contributed by atoms with Gasteiger partial charge in [-0.15, -0.1) is 0 Å². The molecule has 0 rings (SSSR count). The molecule has 242 valence electrons. The minimum atomic E-state index is -4.21. The van der Waals surface area contributed by atoms with E-state index in [1.165, 1.54) is 135 Å². The molecule has 0 atom stereocenters. The standard InChI is InChI=1S/C36H69NO3S/c1-4-7-10-13-16-19-22-25-28-32-37(35-31-36-41(38,39)40,33-29-26-23-20-17-14-11-8-5-2)34-30-27-24-21-18-15-12-9-6-3/h28-30,32-34H,4-27,31,35-36H2,1-3H3/b32-28+,33-29+,34-30+. The fourth-order valence-corrected chi connectivity index (χ4v) is 5.84. The first-order valence-corrected chi connectivity index (χ1v) is 19.3. The van der Waals surface area contributed by atoms with Crippen molar-refractivity contribution in [1.29, 1.82) is 0 Å². The highest BCUT2D eigenvalue weighted by Gasteiger charge is 2.19. The molecule has 0 unspecified atom stereocenters. The zero-order valence-corrected chi connectivity index (χ0v) is 28.5. The summed E-state index contributed by atoms with van der Waals surface area (Å²) in [6, 6.07) is 0. The van der Waals surface area contributed by atoms with Crippen LogP contribution in [0.1, 0.15) is 181 Å². The average molecular weight is 596 g/mol. The molecular formula is C36H69NO3S. The summed E-state index contributed by atoms with van der Waals surface area (Å²) in [5.41, 5.74) is 0. The SMILES string of the molecule is CCCCCCCCC/C=C/[N+](/C=C/CCCCCCCCC)(/C=C/CCCCCCCCC)CCCS(=O)(=O)[O-].